The van der Waals surface area contributed by atoms with E-state index in [9.17, 15) is 4.79 Å². The summed E-state index contributed by atoms with van der Waals surface area (Å²) in [5, 5.41) is 0.714. The van der Waals surface area contributed by atoms with Crippen LogP contribution in [0.25, 0.3) is 0 Å². The first-order chi connectivity index (χ1) is 14.2. The minimum Gasteiger partial charge on any atom is -0.482 e. The summed E-state index contributed by atoms with van der Waals surface area (Å²) in [5.41, 5.74) is 1.12. The zero-order chi connectivity index (χ0) is 20.1. The van der Waals surface area contributed by atoms with Crippen LogP contribution in [0.2, 0.25) is 5.02 Å². The molecule has 150 valence electrons. The average molecular weight is 412 g/mol. The molecule has 4 rings (SSSR count). The molecule has 0 spiro atoms. The SMILES string of the molecule is O=C(COc1cccnc1)N1CCC[C@@H](c2ncc(Cc3ccc(Cl)cc3)o2)C1. The van der Waals surface area contributed by atoms with Gasteiger partial charge in [-0.05, 0) is 42.7 Å². The standard InChI is InChI=1S/C22H22ClN3O3/c23-18-7-5-16(6-8-18)11-20-13-25-22(29-20)17-3-2-10-26(14-17)21(27)15-28-19-4-1-9-24-12-19/h1,4-9,12-13,17H,2-3,10-11,14-15H2/t17-/m1/s1. The van der Waals surface area contributed by atoms with Crippen LogP contribution in [0.3, 0.4) is 0 Å². The highest BCUT2D eigenvalue weighted by Gasteiger charge is 2.28. The van der Waals surface area contributed by atoms with Crippen LogP contribution < -0.4 is 4.74 Å². The molecule has 3 heterocycles. The molecule has 0 radical (unpaired) electrons. The van der Waals surface area contributed by atoms with E-state index in [0.717, 1.165) is 30.7 Å². The predicted molar refractivity (Wildman–Crippen MR) is 109 cm³/mol. The molecule has 1 atom stereocenters. The highest BCUT2D eigenvalue weighted by atomic mass is 35.5. The van der Waals surface area contributed by atoms with Gasteiger partial charge in [0.25, 0.3) is 5.91 Å². The van der Waals surface area contributed by atoms with Crippen LogP contribution >= 0.6 is 11.6 Å². The molecule has 1 fully saturated rings. The Morgan fingerprint density at radius 2 is 2.10 bits per heavy atom. The number of piperidine rings is 1. The van der Waals surface area contributed by atoms with Gasteiger partial charge in [-0.25, -0.2) is 4.98 Å². The summed E-state index contributed by atoms with van der Waals surface area (Å²) < 4.78 is 11.5. The van der Waals surface area contributed by atoms with E-state index in [1.165, 1.54) is 0 Å². The van der Waals surface area contributed by atoms with Gasteiger partial charge in [0.05, 0.1) is 18.3 Å². The minimum atomic E-state index is -0.0357. The molecule has 1 amide bonds. The summed E-state index contributed by atoms with van der Waals surface area (Å²) in [5.74, 6) is 2.16. The van der Waals surface area contributed by atoms with Crippen molar-refractivity contribution in [1.29, 1.82) is 0 Å². The first-order valence-corrected chi connectivity index (χ1v) is 10.0. The van der Waals surface area contributed by atoms with Crippen LogP contribution in [0.4, 0.5) is 0 Å². The number of oxazole rings is 1. The lowest BCUT2D eigenvalue weighted by atomic mass is 9.98. The fourth-order valence-corrected chi connectivity index (χ4v) is 3.60. The van der Waals surface area contributed by atoms with Gasteiger partial charge in [-0.1, -0.05) is 23.7 Å². The third-order valence-electron chi connectivity index (χ3n) is 4.98. The maximum Gasteiger partial charge on any atom is 0.260 e. The average Bonchev–Trinajstić information content (AvgIpc) is 3.23. The van der Waals surface area contributed by atoms with Gasteiger partial charge in [-0.15, -0.1) is 0 Å². The van der Waals surface area contributed by atoms with E-state index in [1.807, 2.05) is 29.2 Å². The second kappa shape index (κ2) is 9.09. The summed E-state index contributed by atoms with van der Waals surface area (Å²) >= 11 is 5.94. The minimum absolute atomic E-state index is 0.00577. The highest BCUT2D eigenvalue weighted by Crippen LogP contribution is 2.27. The number of hydrogen-bond acceptors (Lipinski definition) is 5. The molecule has 0 aliphatic carbocycles. The number of likely N-dealkylation sites (tertiary alicyclic amines) is 1. The van der Waals surface area contributed by atoms with E-state index in [2.05, 4.69) is 9.97 Å². The number of hydrogen-bond donors (Lipinski definition) is 0. The molecule has 2 aromatic heterocycles. The first kappa shape index (κ1) is 19.5. The predicted octanol–water partition coefficient (Wildman–Crippen LogP) is 4.10. The highest BCUT2D eigenvalue weighted by molar-refractivity contribution is 6.30. The second-order valence-corrected chi connectivity index (χ2v) is 7.56. The van der Waals surface area contributed by atoms with Crippen LogP contribution in [-0.2, 0) is 11.2 Å². The molecule has 0 bridgehead atoms. The van der Waals surface area contributed by atoms with Crippen LogP contribution in [0.15, 0.2) is 59.4 Å². The molecule has 1 aliphatic heterocycles. The molecular weight excluding hydrogens is 390 g/mol. The Balaban J connectivity index is 1.34. The van der Waals surface area contributed by atoms with E-state index in [-0.39, 0.29) is 18.4 Å². The zero-order valence-corrected chi connectivity index (χ0v) is 16.7. The van der Waals surface area contributed by atoms with Gasteiger partial charge in [-0.2, -0.15) is 0 Å². The smallest absolute Gasteiger partial charge is 0.260 e. The number of pyridine rings is 1. The van der Waals surface area contributed by atoms with Gasteiger partial charge in [0.2, 0.25) is 0 Å². The van der Waals surface area contributed by atoms with Crippen LogP contribution in [0, 0.1) is 0 Å². The van der Waals surface area contributed by atoms with E-state index in [4.69, 9.17) is 20.8 Å². The molecule has 0 unspecified atom stereocenters. The summed E-state index contributed by atoms with van der Waals surface area (Å²) in [4.78, 5) is 22.8. The van der Waals surface area contributed by atoms with Gasteiger partial charge >= 0.3 is 0 Å². The Morgan fingerprint density at radius 3 is 2.90 bits per heavy atom. The maximum absolute atomic E-state index is 12.5. The number of ether oxygens (including phenoxy) is 1. The third kappa shape index (κ3) is 5.15. The monoisotopic (exact) mass is 411 g/mol. The Bertz CT molecular complexity index is 943. The summed E-state index contributed by atoms with van der Waals surface area (Å²) in [6.07, 6.45) is 7.57. The van der Waals surface area contributed by atoms with Crippen molar-refractivity contribution >= 4 is 17.5 Å². The third-order valence-corrected chi connectivity index (χ3v) is 5.24. The van der Waals surface area contributed by atoms with Crippen LogP contribution in [-0.4, -0.2) is 40.5 Å². The van der Waals surface area contributed by atoms with E-state index < -0.39 is 0 Å². The summed E-state index contributed by atoms with van der Waals surface area (Å²) in [7, 11) is 0. The molecule has 1 saturated heterocycles. The zero-order valence-electron chi connectivity index (χ0n) is 16.0. The molecule has 1 aromatic carbocycles. The molecule has 7 heteroatoms. The number of aromatic nitrogens is 2. The van der Waals surface area contributed by atoms with Crippen LogP contribution in [0.5, 0.6) is 5.75 Å². The van der Waals surface area contributed by atoms with Crippen molar-refractivity contribution in [3.05, 3.63) is 77.2 Å². The van der Waals surface area contributed by atoms with Crippen molar-refractivity contribution in [2.24, 2.45) is 0 Å². The summed E-state index contributed by atoms with van der Waals surface area (Å²) in [6, 6.07) is 11.3. The van der Waals surface area contributed by atoms with Crippen LogP contribution in [0.1, 0.15) is 36.0 Å². The number of nitrogens with zero attached hydrogens (tertiary/aromatic N) is 3. The lowest BCUT2D eigenvalue weighted by Gasteiger charge is -2.31. The maximum atomic E-state index is 12.5. The van der Waals surface area contributed by atoms with Crippen molar-refractivity contribution in [2.75, 3.05) is 19.7 Å². The van der Waals surface area contributed by atoms with E-state index in [0.29, 0.717) is 29.6 Å². The number of carbonyl (C=O) groups is 1. The molecule has 6 nitrogen and oxygen atoms in total. The van der Waals surface area contributed by atoms with Gasteiger partial charge in [-0.3, -0.25) is 9.78 Å². The number of rotatable bonds is 6. The molecule has 3 aromatic rings. The first-order valence-electron chi connectivity index (χ1n) is 9.67. The Hall–Kier alpha value is -2.86. The molecule has 0 N–H and O–H groups in total. The normalized spacial score (nSPS) is 16.6. The summed E-state index contributed by atoms with van der Waals surface area (Å²) in [6.45, 7) is 1.33. The number of amides is 1. The molecule has 29 heavy (non-hydrogen) atoms. The topological polar surface area (TPSA) is 68.5 Å². The Labute approximate surface area is 174 Å². The number of carbonyl (C=O) groups excluding carboxylic acids is 1. The fraction of sp³-hybridized carbons (Fsp3) is 0.318. The Morgan fingerprint density at radius 1 is 1.24 bits per heavy atom. The van der Waals surface area contributed by atoms with Gasteiger partial charge in [0.15, 0.2) is 12.5 Å². The lowest BCUT2D eigenvalue weighted by Crippen LogP contribution is -2.41. The van der Waals surface area contributed by atoms with Crippen molar-refractivity contribution in [3.8, 4) is 5.75 Å². The van der Waals surface area contributed by atoms with Crippen molar-refractivity contribution in [3.63, 3.8) is 0 Å². The van der Waals surface area contributed by atoms with Gasteiger partial charge in [0.1, 0.15) is 11.5 Å². The number of halogens is 1. The quantitative estimate of drug-likeness (QED) is 0.610. The van der Waals surface area contributed by atoms with Crippen molar-refractivity contribution < 1.29 is 13.9 Å². The van der Waals surface area contributed by atoms with E-state index in [1.54, 1.807) is 30.7 Å². The molecule has 1 aliphatic rings. The van der Waals surface area contributed by atoms with Gasteiger partial charge in [0, 0.05) is 30.7 Å². The molecule has 0 saturated carbocycles. The van der Waals surface area contributed by atoms with Crippen molar-refractivity contribution in [2.45, 2.75) is 25.2 Å². The Kier molecular flexibility index (Phi) is 6.10. The van der Waals surface area contributed by atoms with Gasteiger partial charge < -0.3 is 14.1 Å². The largest absolute Gasteiger partial charge is 0.482 e. The lowest BCUT2D eigenvalue weighted by molar-refractivity contribution is -0.134. The van der Waals surface area contributed by atoms with E-state index >= 15 is 0 Å². The second-order valence-electron chi connectivity index (χ2n) is 7.12. The van der Waals surface area contributed by atoms with Crippen molar-refractivity contribution in [1.82, 2.24) is 14.9 Å². The fourth-order valence-electron chi connectivity index (χ4n) is 3.47. The number of benzene rings is 1. The molecular formula is C22H22ClN3O3.